The van der Waals surface area contributed by atoms with Crippen molar-refractivity contribution < 1.29 is 0 Å². The lowest BCUT2D eigenvalue weighted by atomic mass is 9.76. The second-order valence-electron chi connectivity index (χ2n) is 6.19. The monoisotopic (exact) mass is 209 g/mol. The van der Waals surface area contributed by atoms with E-state index in [-0.39, 0.29) is 0 Å². The normalized spacial score (nSPS) is 38.8. The zero-order valence-electron chi connectivity index (χ0n) is 10.7. The Balaban J connectivity index is 2.03. The second kappa shape index (κ2) is 4.86. The van der Waals surface area contributed by atoms with Crippen LogP contribution in [0.15, 0.2) is 0 Å². The summed E-state index contributed by atoms with van der Waals surface area (Å²) in [6.45, 7) is 9.88. The molecule has 3 unspecified atom stereocenters. The van der Waals surface area contributed by atoms with E-state index in [2.05, 4.69) is 25.7 Å². The molecule has 1 saturated heterocycles. The number of fused-ring (bicyclic) bond motifs is 1. The van der Waals surface area contributed by atoms with E-state index in [1.807, 2.05) is 0 Å². The fraction of sp³-hybridized carbons (Fsp3) is 1.00. The highest BCUT2D eigenvalue weighted by Crippen LogP contribution is 2.37. The third-order valence-electron chi connectivity index (χ3n) is 4.52. The predicted molar refractivity (Wildman–Crippen MR) is 65.9 cm³/mol. The van der Waals surface area contributed by atoms with E-state index in [0.29, 0.717) is 0 Å². The second-order valence-corrected chi connectivity index (χ2v) is 6.19. The van der Waals surface area contributed by atoms with Gasteiger partial charge in [-0.1, -0.05) is 26.2 Å². The first-order valence-electron chi connectivity index (χ1n) is 6.91. The molecule has 1 heterocycles. The van der Waals surface area contributed by atoms with Crippen molar-refractivity contribution in [2.45, 2.75) is 58.9 Å². The summed E-state index contributed by atoms with van der Waals surface area (Å²) in [6, 6.07) is 0.744. The minimum absolute atomic E-state index is 0.744. The van der Waals surface area contributed by atoms with Gasteiger partial charge in [0, 0.05) is 19.1 Å². The molecular weight excluding hydrogens is 182 g/mol. The summed E-state index contributed by atoms with van der Waals surface area (Å²) in [5, 5.41) is 0. The zero-order chi connectivity index (χ0) is 10.8. The minimum Gasteiger partial charge on any atom is -0.300 e. The molecule has 0 aromatic carbocycles. The zero-order valence-corrected chi connectivity index (χ0v) is 10.7. The molecule has 0 radical (unpaired) electrons. The van der Waals surface area contributed by atoms with Crippen molar-refractivity contribution in [1.29, 1.82) is 0 Å². The molecule has 2 aliphatic rings. The first-order valence-corrected chi connectivity index (χ1v) is 6.91. The average molecular weight is 209 g/mol. The van der Waals surface area contributed by atoms with Crippen LogP contribution in [0.2, 0.25) is 0 Å². The first kappa shape index (κ1) is 11.4. The maximum absolute atomic E-state index is 2.72. The fourth-order valence-corrected chi connectivity index (χ4v) is 3.62. The molecule has 2 fully saturated rings. The summed E-state index contributed by atoms with van der Waals surface area (Å²) >= 11 is 0. The van der Waals surface area contributed by atoms with Crippen molar-refractivity contribution in [2.24, 2.45) is 17.8 Å². The lowest BCUT2D eigenvalue weighted by Gasteiger charge is -2.33. The standard InChI is InChI=1S/C14H27N/c1-11(2)15-9-12(3)8-13-6-4-5-7-14(13)10-15/h11-14H,4-10H2,1-3H3. The molecule has 15 heavy (non-hydrogen) atoms. The maximum Gasteiger partial charge on any atom is 0.00388 e. The highest BCUT2D eigenvalue weighted by Gasteiger charge is 2.32. The third kappa shape index (κ3) is 2.75. The molecule has 1 aliphatic heterocycles. The van der Waals surface area contributed by atoms with Gasteiger partial charge in [-0.25, -0.2) is 0 Å². The SMILES string of the molecule is CC1CC2CCCCC2CN(C(C)C)C1. The molecule has 3 atom stereocenters. The van der Waals surface area contributed by atoms with Crippen LogP contribution in [0.4, 0.5) is 0 Å². The van der Waals surface area contributed by atoms with Gasteiger partial charge in [-0.3, -0.25) is 0 Å². The molecule has 0 spiro atoms. The molecule has 0 N–H and O–H groups in total. The van der Waals surface area contributed by atoms with Crippen molar-refractivity contribution in [3.05, 3.63) is 0 Å². The summed E-state index contributed by atoms with van der Waals surface area (Å²) < 4.78 is 0. The smallest absolute Gasteiger partial charge is 0.00388 e. The molecule has 1 heteroatoms. The van der Waals surface area contributed by atoms with Gasteiger partial charge in [-0.05, 0) is 44.4 Å². The molecule has 0 aromatic heterocycles. The van der Waals surface area contributed by atoms with E-state index in [1.165, 1.54) is 45.2 Å². The summed E-state index contributed by atoms with van der Waals surface area (Å²) in [5.74, 6) is 2.99. The van der Waals surface area contributed by atoms with E-state index < -0.39 is 0 Å². The van der Waals surface area contributed by atoms with E-state index in [9.17, 15) is 0 Å². The molecular formula is C14H27N. The number of likely N-dealkylation sites (tertiary alicyclic amines) is 1. The van der Waals surface area contributed by atoms with Crippen molar-refractivity contribution in [3.63, 3.8) is 0 Å². The number of hydrogen-bond donors (Lipinski definition) is 0. The Bertz CT molecular complexity index is 198. The van der Waals surface area contributed by atoms with Crippen molar-refractivity contribution in [2.75, 3.05) is 13.1 Å². The van der Waals surface area contributed by atoms with E-state index in [0.717, 1.165) is 23.8 Å². The van der Waals surface area contributed by atoms with Crippen LogP contribution in [0.25, 0.3) is 0 Å². The van der Waals surface area contributed by atoms with Crippen molar-refractivity contribution in [1.82, 2.24) is 4.90 Å². The Morgan fingerprint density at radius 1 is 1.00 bits per heavy atom. The largest absolute Gasteiger partial charge is 0.300 e. The summed E-state index contributed by atoms with van der Waals surface area (Å²) in [4.78, 5) is 2.72. The fourth-order valence-electron chi connectivity index (χ4n) is 3.62. The molecule has 88 valence electrons. The molecule has 0 amide bonds. The van der Waals surface area contributed by atoms with Gasteiger partial charge in [0.25, 0.3) is 0 Å². The van der Waals surface area contributed by atoms with Gasteiger partial charge >= 0.3 is 0 Å². The Morgan fingerprint density at radius 2 is 1.67 bits per heavy atom. The lowest BCUT2D eigenvalue weighted by molar-refractivity contribution is 0.156. The summed E-state index contributed by atoms with van der Waals surface area (Å²) in [6.07, 6.45) is 7.49. The molecule has 0 aromatic rings. The number of nitrogens with zero attached hydrogens (tertiary/aromatic N) is 1. The Hall–Kier alpha value is -0.0400. The van der Waals surface area contributed by atoms with E-state index in [1.54, 1.807) is 0 Å². The molecule has 0 bridgehead atoms. The topological polar surface area (TPSA) is 3.24 Å². The average Bonchev–Trinajstić information content (AvgIpc) is 2.35. The van der Waals surface area contributed by atoms with E-state index in [4.69, 9.17) is 0 Å². The van der Waals surface area contributed by atoms with E-state index >= 15 is 0 Å². The summed E-state index contributed by atoms with van der Waals surface area (Å²) in [5.41, 5.74) is 0. The van der Waals surface area contributed by atoms with Crippen LogP contribution in [-0.2, 0) is 0 Å². The Labute approximate surface area is 95.2 Å². The van der Waals surface area contributed by atoms with Gasteiger partial charge in [0.2, 0.25) is 0 Å². The van der Waals surface area contributed by atoms with Crippen LogP contribution in [-0.4, -0.2) is 24.0 Å². The van der Waals surface area contributed by atoms with Crippen LogP contribution in [0.3, 0.4) is 0 Å². The number of hydrogen-bond acceptors (Lipinski definition) is 1. The summed E-state index contributed by atoms with van der Waals surface area (Å²) in [7, 11) is 0. The maximum atomic E-state index is 2.72. The van der Waals surface area contributed by atoms with Gasteiger partial charge in [0.15, 0.2) is 0 Å². The molecule has 2 rings (SSSR count). The quantitative estimate of drug-likeness (QED) is 0.638. The lowest BCUT2D eigenvalue weighted by Crippen LogP contribution is -2.37. The van der Waals surface area contributed by atoms with Crippen LogP contribution in [0, 0.1) is 17.8 Å². The number of rotatable bonds is 1. The van der Waals surface area contributed by atoms with Gasteiger partial charge < -0.3 is 4.90 Å². The third-order valence-corrected chi connectivity index (χ3v) is 4.52. The minimum atomic E-state index is 0.744. The predicted octanol–water partition coefficient (Wildman–Crippen LogP) is 3.54. The highest BCUT2D eigenvalue weighted by atomic mass is 15.2. The molecule has 1 saturated carbocycles. The first-order chi connectivity index (χ1) is 7.16. The molecule has 1 aliphatic carbocycles. The van der Waals surface area contributed by atoms with Gasteiger partial charge in [-0.2, -0.15) is 0 Å². The molecule has 1 nitrogen and oxygen atoms in total. The van der Waals surface area contributed by atoms with Gasteiger partial charge in [0.1, 0.15) is 0 Å². The van der Waals surface area contributed by atoms with Crippen LogP contribution < -0.4 is 0 Å². The van der Waals surface area contributed by atoms with Crippen molar-refractivity contribution >= 4 is 0 Å². The van der Waals surface area contributed by atoms with Gasteiger partial charge in [-0.15, -0.1) is 0 Å². The van der Waals surface area contributed by atoms with Crippen LogP contribution >= 0.6 is 0 Å². The van der Waals surface area contributed by atoms with Crippen molar-refractivity contribution in [3.8, 4) is 0 Å². The Morgan fingerprint density at radius 3 is 2.33 bits per heavy atom. The van der Waals surface area contributed by atoms with Crippen LogP contribution in [0.1, 0.15) is 52.9 Å². The Kier molecular flexibility index (Phi) is 3.71. The van der Waals surface area contributed by atoms with Crippen LogP contribution in [0.5, 0.6) is 0 Å². The highest BCUT2D eigenvalue weighted by molar-refractivity contribution is 4.84. The van der Waals surface area contributed by atoms with Gasteiger partial charge in [0.05, 0.1) is 0 Å².